The van der Waals surface area contributed by atoms with Gasteiger partial charge in [0.25, 0.3) is 0 Å². The molecule has 0 bridgehead atoms. The Kier molecular flexibility index (Phi) is 11.1. The summed E-state index contributed by atoms with van der Waals surface area (Å²) < 4.78 is 14.3. The summed E-state index contributed by atoms with van der Waals surface area (Å²) >= 11 is 0. The Morgan fingerprint density at radius 2 is 1.77 bits per heavy atom. The van der Waals surface area contributed by atoms with Gasteiger partial charge in [-0.3, -0.25) is 10.1 Å². The van der Waals surface area contributed by atoms with E-state index in [1.165, 1.54) is 11.6 Å². The SMILES string of the molecule is C=C.C=C.CC.CNCc1cc(F)cc(-c2nccc3[nH]c(-c4[nH]nc5ncc(C6=CCNCC6)cc45)cc23)c1. The average Bonchev–Trinajstić information content (AvgIpc) is 3.64. The number of aromatic amines is 2. The molecule has 6 rings (SSSR count). The van der Waals surface area contributed by atoms with E-state index < -0.39 is 0 Å². The summed E-state index contributed by atoms with van der Waals surface area (Å²) in [5.74, 6) is -0.275. The van der Waals surface area contributed by atoms with Crippen LogP contribution < -0.4 is 10.6 Å². The standard InChI is InChI=1S/C26H24FN7.C2H6.2C2H4/c1-28-13-15-8-17(10-19(27)9-15)24-20-12-23(32-22(20)4-7-30-24)25-21-11-18(14-31-26(21)34-33-25)16-2-5-29-6-3-16;3*1-2/h2,4,7-12,14,28-29,32H,3,5-6,13H2,1H3,(H,31,33,34);1-2H3;2*1-2H2. The van der Waals surface area contributed by atoms with Crippen molar-refractivity contribution in [3.63, 3.8) is 0 Å². The molecule has 7 nitrogen and oxygen atoms in total. The zero-order chi connectivity index (χ0) is 29.1. The molecule has 1 aliphatic rings. The Morgan fingerprint density at radius 1 is 0.975 bits per heavy atom. The molecule has 5 aromatic rings. The highest BCUT2D eigenvalue weighted by Gasteiger charge is 2.16. The van der Waals surface area contributed by atoms with Gasteiger partial charge in [0.05, 0.1) is 17.1 Å². The van der Waals surface area contributed by atoms with Gasteiger partial charge in [-0.05, 0) is 73.1 Å². The van der Waals surface area contributed by atoms with E-state index >= 15 is 0 Å². The summed E-state index contributed by atoms with van der Waals surface area (Å²) in [6, 6.07) is 11.2. The number of fused-ring (bicyclic) bond motifs is 2. The van der Waals surface area contributed by atoms with Crippen LogP contribution in [0.15, 0.2) is 81.2 Å². The summed E-state index contributed by atoms with van der Waals surface area (Å²) in [7, 11) is 1.85. The lowest BCUT2D eigenvalue weighted by Crippen LogP contribution is -2.20. The predicted octanol–water partition coefficient (Wildman–Crippen LogP) is 7.03. The average molecular weight is 540 g/mol. The first-order valence-corrected chi connectivity index (χ1v) is 13.4. The molecule has 4 N–H and O–H groups in total. The zero-order valence-electron chi connectivity index (χ0n) is 23.6. The van der Waals surface area contributed by atoms with E-state index in [4.69, 9.17) is 0 Å². The monoisotopic (exact) mass is 539 g/mol. The second kappa shape index (κ2) is 14.7. The second-order valence-electron chi connectivity index (χ2n) is 8.56. The number of hydrogen-bond donors (Lipinski definition) is 4. The topological polar surface area (TPSA) is 94.3 Å². The third-order valence-electron chi connectivity index (χ3n) is 6.27. The van der Waals surface area contributed by atoms with Crippen LogP contribution >= 0.6 is 0 Å². The van der Waals surface area contributed by atoms with Gasteiger partial charge in [-0.1, -0.05) is 19.9 Å². The number of pyridine rings is 2. The van der Waals surface area contributed by atoms with Gasteiger partial charge >= 0.3 is 0 Å². The molecule has 1 aliphatic heterocycles. The minimum atomic E-state index is -0.275. The second-order valence-corrected chi connectivity index (χ2v) is 8.56. The smallest absolute Gasteiger partial charge is 0.181 e. The fourth-order valence-corrected chi connectivity index (χ4v) is 4.68. The molecule has 0 unspecified atom stereocenters. The van der Waals surface area contributed by atoms with Crippen LogP contribution in [0.25, 0.3) is 50.2 Å². The number of nitrogens with zero attached hydrogens (tertiary/aromatic N) is 3. The van der Waals surface area contributed by atoms with Crippen molar-refractivity contribution in [2.24, 2.45) is 0 Å². The lowest BCUT2D eigenvalue weighted by Gasteiger charge is -2.13. The Hall–Kier alpha value is -4.40. The Labute approximate surface area is 235 Å². The molecule has 0 atom stereocenters. The van der Waals surface area contributed by atoms with Crippen LogP contribution in [-0.4, -0.2) is 45.3 Å². The van der Waals surface area contributed by atoms with E-state index in [0.717, 1.165) is 69.6 Å². The van der Waals surface area contributed by atoms with Crippen molar-refractivity contribution < 1.29 is 4.39 Å². The Morgan fingerprint density at radius 3 is 2.50 bits per heavy atom. The molecular weight excluding hydrogens is 501 g/mol. The summed E-state index contributed by atoms with van der Waals surface area (Å²) in [4.78, 5) is 12.7. The molecule has 0 aliphatic carbocycles. The van der Waals surface area contributed by atoms with Crippen molar-refractivity contribution in [2.45, 2.75) is 26.8 Å². The van der Waals surface area contributed by atoms with E-state index in [9.17, 15) is 4.39 Å². The van der Waals surface area contributed by atoms with Gasteiger partial charge in [0, 0.05) is 47.3 Å². The van der Waals surface area contributed by atoms with E-state index in [2.05, 4.69) is 74.2 Å². The minimum Gasteiger partial charge on any atom is -0.353 e. The van der Waals surface area contributed by atoms with Crippen LogP contribution in [0.5, 0.6) is 0 Å². The van der Waals surface area contributed by atoms with Crippen LogP contribution in [0.2, 0.25) is 0 Å². The predicted molar refractivity (Wildman–Crippen MR) is 166 cm³/mol. The van der Waals surface area contributed by atoms with Crippen LogP contribution in [0.4, 0.5) is 4.39 Å². The third-order valence-corrected chi connectivity index (χ3v) is 6.27. The number of rotatable bonds is 5. The summed E-state index contributed by atoms with van der Waals surface area (Å²) in [6.07, 6.45) is 6.83. The maximum atomic E-state index is 14.3. The van der Waals surface area contributed by atoms with Gasteiger partial charge in [-0.25, -0.2) is 9.37 Å². The molecule has 0 radical (unpaired) electrons. The summed E-state index contributed by atoms with van der Waals surface area (Å²) in [6.45, 7) is 18.4. The molecule has 0 saturated carbocycles. The van der Waals surface area contributed by atoms with Gasteiger partial charge in [0.15, 0.2) is 5.65 Å². The third kappa shape index (κ3) is 6.42. The van der Waals surface area contributed by atoms with E-state index in [0.29, 0.717) is 12.2 Å². The molecule has 0 fully saturated rings. The first-order valence-electron chi connectivity index (χ1n) is 13.4. The van der Waals surface area contributed by atoms with Crippen LogP contribution in [0.1, 0.15) is 31.4 Å². The first kappa shape index (κ1) is 30.1. The first-order chi connectivity index (χ1) is 19.7. The van der Waals surface area contributed by atoms with Crippen molar-refractivity contribution in [1.82, 2.24) is 35.8 Å². The highest BCUT2D eigenvalue weighted by molar-refractivity contribution is 5.99. The van der Waals surface area contributed by atoms with Crippen LogP contribution in [-0.2, 0) is 6.54 Å². The molecule has 0 saturated heterocycles. The zero-order valence-corrected chi connectivity index (χ0v) is 23.6. The number of aromatic nitrogens is 5. The van der Waals surface area contributed by atoms with Crippen molar-refractivity contribution in [2.75, 3.05) is 20.1 Å². The lowest BCUT2D eigenvalue weighted by molar-refractivity contribution is 0.624. The molecule has 1 aromatic carbocycles. The van der Waals surface area contributed by atoms with Gasteiger partial charge in [0.2, 0.25) is 0 Å². The largest absolute Gasteiger partial charge is 0.353 e. The number of halogens is 1. The fraction of sp³-hybridized carbons (Fsp3) is 0.219. The van der Waals surface area contributed by atoms with E-state index in [-0.39, 0.29) is 5.82 Å². The van der Waals surface area contributed by atoms with Crippen molar-refractivity contribution in [3.05, 3.63) is 98.1 Å². The highest BCUT2D eigenvalue weighted by Crippen LogP contribution is 2.34. The summed E-state index contributed by atoms with van der Waals surface area (Å²) in [5.41, 5.74) is 8.13. The molecule has 5 heterocycles. The normalized spacial score (nSPS) is 12.3. The van der Waals surface area contributed by atoms with Gasteiger partial charge in [0.1, 0.15) is 5.82 Å². The molecule has 8 heteroatoms. The molecule has 4 aromatic heterocycles. The number of H-pyrrole nitrogens is 2. The van der Waals surface area contributed by atoms with E-state index in [1.807, 2.05) is 45.3 Å². The van der Waals surface area contributed by atoms with Crippen molar-refractivity contribution >= 4 is 27.5 Å². The molecule has 0 amide bonds. The molecule has 40 heavy (non-hydrogen) atoms. The van der Waals surface area contributed by atoms with Gasteiger partial charge in [-0.2, -0.15) is 5.10 Å². The Balaban J connectivity index is 0.000000691. The van der Waals surface area contributed by atoms with Crippen LogP contribution in [0.3, 0.4) is 0 Å². The number of nitrogens with one attached hydrogen (secondary N) is 4. The fourth-order valence-electron chi connectivity index (χ4n) is 4.68. The Bertz CT molecular complexity index is 1580. The minimum absolute atomic E-state index is 0.275. The molecule has 0 spiro atoms. The maximum Gasteiger partial charge on any atom is 0.181 e. The summed E-state index contributed by atoms with van der Waals surface area (Å²) in [5, 5.41) is 15.9. The quantitative estimate of drug-likeness (QED) is 0.180. The number of hydrogen-bond acceptors (Lipinski definition) is 5. The van der Waals surface area contributed by atoms with Gasteiger partial charge in [-0.15, -0.1) is 26.3 Å². The maximum absolute atomic E-state index is 14.3. The highest BCUT2D eigenvalue weighted by atomic mass is 19.1. The van der Waals surface area contributed by atoms with Crippen molar-refractivity contribution in [1.29, 1.82) is 0 Å². The molecule has 208 valence electrons. The van der Waals surface area contributed by atoms with Crippen molar-refractivity contribution in [3.8, 4) is 22.6 Å². The van der Waals surface area contributed by atoms with Gasteiger partial charge < -0.3 is 15.6 Å². The molecular formula is C32H38FN7. The number of benzene rings is 1. The van der Waals surface area contributed by atoms with Crippen LogP contribution in [0, 0.1) is 5.82 Å². The van der Waals surface area contributed by atoms with E-state index in [1.54, 1.807) is 12.3 Å². The lowest BCUT2D eigenvalue weighted by atomic mass is 10.0.